The lowest BCUT2D eigenvalue weighted by molar-refractivity contribution is -0.141. The molecular formula is C25H30N2O3. The summed E-state index contributed by atoms with van der Waals surface area (Å²) in [6.07, 6.45) is 15.0. The smallest absolute Gasteiger partial charge is 0.318 e. The summed E-state index contributed by atoms with van der Waals surface area (Å²) < 4.78 is 7.88. The van der Waals surface area contributed by atoms with Crippen molar-refractivity contribution in [3.8, 4) is 5.75 Å². The van der Waals surface area contributed by atoms with Gasteiger partial charge in [0.2, 0.25) is 0 Å². The maximum absolute atomic E-state index is 12.2. The minimum absolute atomic E-state index is 0.419. The molecule has 0 spiro atoms. The highest BCUT2D eigenvalue weighted by molar-refractivity contribution is 5.86. The van der Waals surface area contributed by atoms with Crippen molar-refractivity contribution in [3.05, 3.63) is 72.6 Å². The molecule has 5 heteroatoms. The van der Waals surface area contributed by atoms with Crippen LogP contribution in [0.4, 0.5) is 0 Å². The molecule has 0 bridgehead atoms. The molecule has 1 atom stereocenters. The van der Waals surface area contributed by atoms with Crippen LogP contribution in [0.1, 0.15) is 37.7 Å². The van der Waals surface area contributed by atoms with Gasteiger partial charge in [-0.25, -0.2) is 0 Å². The summed E-state index contributed by atoms with van der Waals surface area (Å²) in [5.41, 5.74) is 0.726. The fourth-order valence-corrected chi connectivity index (χ4v) is 4.33. The van der Waals surface area contributed by atoms with E-state index in [0.29, 0.717) is 13.0 Å². The summed E-state index contributed by atoms with van der Waals surface area (Å²) in [6.45, 7) is 4.18. The number of piperidine rings is 1. The molecule has 158 valence electrons. The van der Waals surface area contributed by atoms with Gasteiger partial charge in [-0.2, -0.15) is 0 Å². The van der Waals surface area contributed by atoms with Crippen LogP contribution in [0.3, 0.4) is 0 Å². The molecule has 2 aromatic rings. The molecule has 0 radical (unpaired) electrons. The van der Waals surface area contributed by atoms with Crippen molar-refractivity contribution in [2.75, 3.05) is 26.2 Å². The second-order valence-corrected chi connectivity index (χ2v) is 8.16. The predicted molar refractivity (Wildman–Crippen MR) is 119 cm³/mol. The first kappa shape index (κ1) is 20.5. The highest BCUT2D eigenvalue weighted by atomic mass is 16.5. The summed E-state index contributed by atoms with van der Waals surface area (Å²) in [5.74, 6) is -0.0435. The molecule has 30 heavy (non-hydrogen) atoms. The zero-order valence-corrected chi connectivity index (χ0v) is 17.4. The van der Waals surface area contributed by atoms with Gasteiger partial charge in [0.25, 0.3) is 0 Å². The van der Waals surface area contributed by atoms with Crippen molar-refractivity contribution >= 4 is 11.7 Å². The zero-order chi connectivity index (χ0) is 20.8. The van der Waals surface area contributed by atoms with E-state index in [1.54, 1.807) is 6.08 Å². The van der Waals surface area contributed by atoms with Gasteiger partial charge in [0.1, 0.15) is 11.2 Å². The van der Waals surface area contributed by atoms with Crippen molar-refractivity contribution in [1.29, 1.82) is 0 Å². The molecule has 5 nitrogen and oxygen atoms in total. The van der Waals surface area contributed by atoms with Crippen molar-refractivity contribution in [2.45, 2.75) is 37.5 Å². The highest BCUT2D eigenvalue weighted by Gasteiger charge is 2.38. The second kappa shape index (κ2) is 9.35. The fraction of sp³-hybridized carbons (Fsp3) is 0.400. The lowest BCUT2D eigenvalue weighted by atomic mass is 9.75. The summed E-state index contributed by atoms with van der Waals surface area (Å²) >= 11 is 0. The molecule has 1 unspecified atom stereocenters. The minimum atomic E-state index is -1.04. The topological polar surface area (TPSA) is 54.7 Å². The normalized spacial score (nSPS) is 21.9. The van der Waals surface area contributed by atoms with Crippen LogP contribution >= 0.6 is 0 Å². The van der Waals surface area contributed by atoms with Crippen molar-refractivity contribution in [3.63, 3.8) is 0 Å². The maximum atomic E-state index is 12.2. The van der Waals surface area contributed by atoms with Gasteiger partial charge in [-0.15, -0.1) is 0 Å². The number of likely N-dealkylation sites (tertiary alicyclic amines) is 1. The molecule has 2 aliphatic rings. The second-order valence-electron chi connectivity index (χ2n) is 8.16. The van der Waals surface area contributed by atoms with Gasteiger partial charge in [0, 0.05) is 24.6 Å². The van der Waals surface area contributed by atoms with Crippen LogP contribution < -0.4 is 4.74 Å². The van der Waals surface area contributed by atoms with Gasteiger partial charge in [-0.05, 0) is 74.7 Å². The zero-order valence-electron chi connectivity index (χ0n) is 17.4. The molecule has 1 N–H and O–H groups in total. The Morgan fingerprint density at radius 2 is 1.80 bits per heavy atom. The van der Waals surface area contributed by atoms with Crippen molar-refractivity contribution in [2.24, 2.45) is 0 Å². The quantitative estimate of drug-likeness (QED) is 0.653. The Balaban J connectivity index is 1.36. The number of aliphatic carboxylic acids is 1. The number of carboxylic acids is 1. The van der Waals surface area contributed by atoms with E-state index >= 15 is 0 Å². The summed E-state index contributed by atoms with van der Waals surface area (Å²) in [6, 6.07) is 11.5. The van der Waals surface area contributed by atoms with Gasteiger partial charge in [0.15, 0.2) is 0 Å². The van der Waals surface area contributed by atoms with Crippen LogP contribution in [0, 0.1) is 0 Å². The first-order valence-corrected chi connectivity index (χ1v) is 10.9. The number of hydrogen-bond donors (Lipinski definition) is 1. The number of benzene rings is 1. The minimum Gasteiger partial charge on any atom is -0.494 e. The molecule has 1 aromatic heterocycles. The van der Waals surface area contributed by atoms with E-state index < -0.39 is 11.4 Å². The number of hydrogen-bond acceptors (Lipinski definition) is 3. The number of nitrogens with zero attached hydrogens (tertiary/aromatic N) is 2. The maximum Gasteiger partial charge on any atom is 0.318 e. The largest absolute Gasteiger partial charge is 0.494 e. The lowest BCUT2D eigenvalue weighted by Gasteiger charge is -2.29. The molecule has 1 fully saturated rings. The van der Waals surface area contributed by atoms with E-state index in [4.69, 9.17) is 4.74 Å². The lowest BCUT2D eigenvalue weighted by Crippen LogP contribution is -2.34. The fourth-order valence-electron chi connectivity index (χ4n) is 4.33. The summed E-state index contributed by atoms with van der Waals surface area (Å²) in [4.78, 5) is 14.7. The molecule has 1 aliphatic heterocycles. The first-order chi connectivity index (χ1) is 14.7. The Bertz CT molecular complexity index is 893. The average molecular weight is 407 g/mol. The van der Waals surface area contributed by atoms with Crippen LogP contribution in [0.5, 0.6) is 5.75 Å². The number of ether oxygens (including phenoxy) is 1. The van der Waals surface area contributed by atoms with Crippen LogP contribution in [0.2, 0.25) is 0 Å². The average Bonchev–Trinajstić information content (AvgIpc) is 3.33. The Kier molecular flexibility index (Phi) is 6.38. The predicted octanol–water partition coefficient (Wildman–Crippen LogP) is 4.57. The third-order valence-corrected chi connectivity index (χ3v) is 6.16. The SMILES string of the molecule is O=C(O)C1(c2ccc(OCCCN3CCCCC3)cc2)C=CC(n2cccc2)=CC1. The Labute approximate surface area is 178 Å². The van der Waals surface area contributed by atoms with Crippen LogP contribution in [0.25, 0.3) is 5.70 Å². The molecule has 1 aromatic carbocycles. The summed E-state index contributed by atoms with van der Waals surface area (Å²) in [7, 11) is 0. The van der Waals surface area contributed by atoms with Crippen LogP contribution in [-0.4, -0.2) is 46.8 Å². The number of allylic oxidation sites excluding steroid dienone is 3. The Hall–Kier alpha value is -2.79. The van der Waals surface area contributed by atoms with E-state index in [1.165, 1.54) is 32.4 Å². The molecule has 2 heterocycles. The molecule has 1 aliphatic carbocycles. The van der Waals surface area contributed by atoms with E-state index in [9.17, 15) is 9.90 Å². The number of carbonyl (C=O) groups is 1. The number of aromatic nitrogens is 1. The Morgan fingerprint density at radius 1 is 1.07 bits per heavy atom. The number of carboxylic acid groups (broad SMARTS) is 1. The standard InChI is InChI=1S/C25H30N2O3/c28-24(29)25(13-11-22(12-14-25)27-18-4-5-19-27)21-7-9-23(10-8-21)30-20-6-17-26-15-2-1-3-16-26/h4-5,7-13,18-19H,1-3,6,14-17,20H2,(H,28,29). The van der Waals surface area contributed by atoms with Crippen molar-refractivity contribution in [1.82, 2.24) is 9.47 Å². The van der Waals surface area contributed by atoms with Crippen LogP contribution in [0.15, 0.2) is 67.0 Å². The molecule has 0 saturated carbocycles. The highest BCUT2D eigenvalue weighted by Crippen LogP contribution is 2.36. The van der Waals surface area contributed by atoms with Gasteiger partial charge >= 0.3 is 5.97 Å². The van der Waals surface area contributed by atoms with Crippen LogP contribution in [-0.2, 0) is 10.2 Å². The molecule has 4 rings (SSSR count). The third-order valence-electron chi connectivity index (χ3n) is 6.16. The van der Waals surface area contributed by atoms with E-state index in [1.807, 2.05) is 65.5 Å². The Morgan fingerprint density at radius 3 is 2.43 bits per heavy atom. The van der Waals surface area contributed by atoms with Gasteiger partial charge in [-0.3, -0.25) is 4.79 Å². The van der Waals surface area contributed by atoms with Gasteiger partial charge in [0.05, 0.1) is 6.61 Å². The van der Waals surface area contributed by atoms with E-state index in [-0.39, 0.29) is 0 Å². The molecule has 1 saturated heterocycles. The number of rotatable bonds is 8. The van der Waals surface area contributed by atoms with E-state index in [2.05, 4.69) is 4.90 Å². The van der Waals surface area contributed by atoms with Crippen molar-refractivity contribution < 1.29 is 14.6 Å². The third kappa shape index (κ3) is 4.51. The van der Waals surface area contributed by atoms with E-state index in [0.717, 1.165) is 30.0 Å². The van der Waals surface area contributed by atoms with Gasteiger partial charge in [-0.1, -0.05) is 30.7 Å². The monoisotopic (exact) mass is 406 g/mol. The molecular weight excluding hydrogens is 376 g/mol. The summed E-state index contributed by atoms with van der Waals surface area (Å²) in [5, 5.41) is 10.0. The van der Waals surface area contributed by atoms with Gasteiger partial charge < -0.3 is 19.3 Å². The first-order valence-electron chi connectivity index (χ1n) is 10.9. The molecule has 0 amide bonds.